The van der Waals surface area contributed by atoms with Crippen LogP contribution in [0.25, 0.3) is 11.5 Å². The Kier molecular flexibility index (Phi) is 2.82. The number of hydrogen-bond donors (Lipinski definition) is 0. The molecule has 2 heterocycles. The molecule has 2 aromatic rings. The summed E-state index contributed by atoms with van der Waals surface area (Å²) in [7, 11) is 0. The third-order valence-corrected chi connectivity index (χ3v) is 2.55. The molecular weight excluding hydrogens is 214 g/mol. The number of alkyl halides is 1. The lowest BCUT2D eigenvalue weighted by Crippen LogP contribution is -1.81. The summed E-state index contributed by atoms with van der Waals surface area (Å²) in [6, 6.07) is 1.86. The van der Waals surface area contributed by atoms with Crippen molar-refractivity contribution >= 4 is 11.6 Å². The second-order valence-corrected chi connectivity index (χ2v) is 3.54. The van der Waals surface area contributed by atoms with Crippen molar-refractivity contribution in [1.29, 1.82) is 0 Å². The molecule has 0 N–H and O–H groups in total. The van der Waals surface area contributed by atoms with Crippen molar-refractivity contribution in [2.75, 3.05) is 0 Å². The smallest absolute Gasteiger partial charge is 0.230 e. The van der Waals surface area contributed by atoms with Crippen LogP contribution >= 0.6 is 11.6 Å². The Morgan fingerprint density at radius 3 is 2.80 bits per heavy atom. The summed E-state index contributed by atoms with van der Waals surface area (Å²) in [6.45, 7) is 3.91. The lowest BCUT2D eigenvalue weighted by atomic mass is 10.2. The van der Waals surface area contributed by atoms with Gasteiger partial charge in [0.1, 0.15) is 11.5 Å². The maximum atomic E-state index is 5.72. The number of aromatic nitrogens is 1. The molecule has 0 atom stereocenters. The van der Waals surface area contributed by atoms with E-state index in [0.29, 0.717) is 11.8 Å². The average molecular weight is 226 g/mol. The second-order valence-electron chi connectivity index (χ2n) is 3.27. The normalized spacial score (nSPS) is 10.9. The van der Waals surface area contributed by atoms with Gasteiger partial charge < -0.3 is 8.83 Å². The van der Waals surface area contributed by atoms with Crippen LogP contribution in [0, 0.1) is 6.92 Å². The molecule has 0 saturated heterocycles. The first-order valence-electron chi connectivity index (χ1n) is 4.85. The van der Waals surface area contributed by atoms with E-state index in [1.54, 1.807) is 6.26 Å². The minimum atomic E-state index is 0.345. The van der Waals surface area contributed by atoms with Crippen LogP contribution in [-0.2, 0) is 12.3 Å². The topological polar surface area (TPSA) is 39.2 Å². The predicted molar refractivity (Wildman–Crippen MR) is 57.9 cm³/mol. The van der Waals surface area contributed by atoms with Gasteiger partial charge in [0.25, 0.3) is 0 Å². The molecule has 4 heteroatoms. The second kappa shape index (κ2) is 4.11. The highest BCUT2D eigenvalue weighted by atomic mass is 35.5. The van der Waals surface area contributed by atoms with Gasteiger partial charge in [-0.1, -0.05) is 6.92 Å². The maximum Gasteiger partial charge on any atom is 0.230 e. The summed E-state index contributed by atoms with van der Waals surface area (Å²) < 4.78 is 10.9. The molecule has 0 saturated carbocycles. The Balaban J connectivity index is 2.45. The molecule has 80 valence electrons. The van der Waals surface area contributed by atoms with Crippen LogP contribution in [0.2, 0.25) is 0 Å². The zero-order valence-corrected chi connectivity index (χ0v) is 9.47. The zero-order chi connectivity index (χ0) is 10.8. The van der Waals surface area contributed by atoms with E-state index in [-0.39, 0.29) is 0 Å². The lowest BCUT2D eigenvalue weighted by Gasteiger charge is -1.93. The molecular formula is C11H12ClNO2. The molecule has 0 aliphatic heterocycles. The van der Waals surface area contributed by atoms with Gasteiger partial charge in [-0.2, -0.15) is 0 Å². The first-order valence-corrected chi connectivity index (χ1v) is 5.38. The third kappa shape index (κ3) is 1.79. The van der Waals surface area contributed by atoms with Crippen LogP contribution in [-0.4, -0.2) is 4.98 Å². The minimum absolute atomic E-state index is 0.345. The number of hydrogen-bond acceptors (Lipinski definition) is 3. The molecule has 0 aromatic carbocycles. The summed E-state index contributed by atoms with van der Waals surface area (Å²) in [5.41, 5.74) is 1.75. The van der Waals surface area contributed by atoms with Crippen molar-refractivity contribution in [3.05, 3.63) is 29.5 Å². The van der Waals surface area contributed by atoms with Gasteiger partial charge in [-0.05, 0) is 13.0 Å². The number of nitrogens with zero attached hydrogens (tertiary/aromatic N) is 1. The van der Waals surface area contributed by atoms with Gasteiger partial charge in [-0.25, -0.2) is 4.98 Å². The van der Waals surface area contributed by atoms with Crippen LogP contribution in [0.5, 0.6) is 0 Å². The molecule has 0 unspecified atom stereocenters. The van der Waals surface area contributed by atoms with Crippen LogP contribution in [0.3, 0.4) is 0 Å². The Bertz CT molecular complexity index is 459. The highest BCUT2D eigenvalue weighted by Gasteiger charge is 2.15. The van der Waals surface area contributed by atoms with Crippen LogP contribution in [0.15, 0.2) is 21.2 Å². The number of furan rings is 1. The maximum absolute atomic E-state index is 5.72. The fourth-order valence-electron chi connectivity index (χ4n) is 1.47. The number of halogens is 1. The van der Waals surface area contributed by atoms with Gasteiger partial charge in [0, 0.05) is 6.42 Å². The van der Waals surface area contributed by atoms with Gasteiger partial charge in [0.05, 0.1) is 23.4 Å². The van der Waals surface area contributed by atoms with E-state index in [1.165, 1.54) is 0 Å². The Morgan fingerprint density at radius 2 is 2.20 bits per heavy atom. The summed E-state index contributed by atoms with van der Waals surface area (Å²) in [4.78, 5) is 4.32. The monoisotopic (exact) mass is 225 g/mol. The zero-order valence-electron chi connectivity index (χ0n) is 8.71. The van der Waals surface area contributed by atoms with Gasteiger partial charge in [-0.3, -0.25) is 0 Å². The number of aryl methyl sites for hydroxylation is 2. The molecule has 0 spiro atoms. The Labute approximate surface area is 93.1 Å². The molecule has 2 rings (SSSR count). The summed E-state index contributed by atoms with van der Waals surface area (Å²) in [6.07, 6.45) is 2.47. The molecule has 0 amide bonds. The van der Waals surface area contributed by atoms with Crippen LogP contribution in [0.1, 0.15) is 24.1 Å². The molecule has 2 aromatic heterocycles. The van der Waals surface area contributed by atoms with Crippen molar-refractivity contribution in [2.24, 2.45) is 0 Å². The van der Waals surface area contributed by atoms with E-state index in [4.69, 9.17) is 20.4 Å². The Morgan fingerprint density at radius 1 is 1.40 bits per heavy atom. The van der Waals surface area contributed by atoms with E-state index < -0.39 is 0 Å². The molecule has 0 fully saturated rings. The molecule has 0 aliphatic carbocycles. The van der Waals surface area contributed by atoms with Crippen molar-refractivity contribution < 1.29 is 8.83 Å². The van der Waals surface area contributed by atoms with E-state index in [0.717, 1.165) is 29.2 Å². The van der Waals surface area contributed by atoms with E-state index in [9.17, 15) is 0 Å². The quantitative estimate of drug-likeness (QED) is 0.750. The molecule has 3 nitrogen and oxygen atoms in total. The highest BCUT2D eigenvalue weighted by Crippen LogP contribution is 2.27. The van der Waals surface area contributed by atoms with E-state index >= 15 is 0 Å². The molecule has 0 bridgehead atoms. The third-order valence-electron chi connectivity index (χ3n) is 2.31. The van der Waals surface area contributed by atoms with Crippen molar-refractivity contribution in [1.82, 2.24) is 4.98 Å². The highest BCUT2D eigenvalue weighted by molar-refractivity contribution is 6.16. The summed E-state index contributed by atoms with van der Waals surface area (Å²) in [5, 5.41) is 0. The van der Waals surface area contributed by atoms with Crippen molar-refractivity contribution in [2.45, 2.75) is 26.1 Å². The van der Waals surface area contributed by atoms with Crippen LogP contribution < -0.4 is 0 Å². The van der Waals surface area contributed by atoms with E-state index in [2.05, 4.69) is 4.98 Å². The fourth-order valence-corrected chi connectivity index (χ4v) is 1.72. The predicted octanol–water partition coefficient (Wildman–Crippen LogP) is 3.54. The Hall–Kier alpha value is -1.22. The molecule has 0 aliphatic rings. The fraction of sp³-hybridized carbons (Fsp3) is 0.364. The van der Waals surface area contributed by atoms with Crippen molar-refractivity contribution in [3.8, 4) is 11.5 Å². The minimum Gasteiger partial charge on any atom is -0.469 e. The largest absolute Gasteiger partial charge is 0.469 e. The van der Waals surface area contributed by atoms with Gasteiger partial charge in [-0.15, -0.1) is 11.6 Å². The molecule has 0 radical (unpaired) electrons. The van der Waals surface area contributed by atoms with Gasteiger partial charge in [0.2, 0.25) is 5.89 Å². The van der Waals surface area contributed by atoms with E-state index in [1.807, 2.05) is 19.9 Å². The lowest BCUT2D eigenvalue weighted by molar-refractivity contribution is 0.508. The number of rotatable bonds is 3. The average Bonchev–Trinajstić information content (AvgIpc) is 2.82. The standard InChI is InChI=1S/C11H12ClNO2/c1-3-9-8(4-5-14-9)11-13-7(2)10(6-12)15-11/h4-5H,3,6H2,1-2H3. The molecule has 15 heavy (non-hydrogen) atoms. The van der Waals surface area contributed by atoms with Gasteiger partial charge >= 0.3 is 0 Å². The summed E-state index contributed by atoms with van der Waals surface area (Å²) >= 11 is 5.72. The van der Waals surface area contributed by atoms with Gasteiger partial charge in [0.15, 0.2) is 0 Å². The van der Waals surface area contributed by atoms with Crippen LogP contribution in [0.4, 0.5) is 0 Å². The summed E-state index contributed by atoms with van der Waals surface area (Å²) in [5.74, 6) is 2.54. The first-order chi connectivity index (χ1) is 7.26. The first kappa shape index (κ1) is 10.3. The SMILES string of the molecule is CCc1occc1-c1nc(C)c(CCl)o1. The number of oxazole rings is 1. The van der Waals surface area contributed by atoms with Crippen molar-refractivity contribution in [3.63, 3.8) is 0 Å².